The standard InChI is InChI=1S/C32H35FN4O4/c1-36(2)17-6-5-10-28(38)37(3)25-14-12-24(13-15-25)34-31(22-9-7-8-21(18-22)19-29(39)41-4)30-26-16-11-23(33)20-27(26)35-32(30)40/h7-9,11-16,18,20,34H,5-6,10,17,19H2,1-4H3,(H,35,40). The van der Waals surface area contributed by atoms with E-state index in [0.29, 0.717) is 45.8 Å². The number of anilines is 3. The van der Waals surface area contributed by atoms with Crippen LogP contribution in [0.5, 0.6) is 0 Å². The minimum atomic E-state index is -0.452. The average molecular weight is 559 g/mol. The van der Waals surface area contributed by atoms with Crippen molar-refractivity contribution in [3.05, 3.63) is 89.2 Å². The van der Waals surface area contributed by atoms with Gasteiger partial charge >= 0.3 is 5.97 Å². The van der Waals surface area contributed by atoms with Crippen molar-refractivity contribution in [2.75, 3.05) is 50.3 Å². The second-order valence-electron chi connectivity index (χ2n) is 10.2. The summed E-state index contributed by atoms with van der Waals surface area (Å²) in [6.45, 7) is 0.943. The molecule has 0 saturated heterocycles. The lowest BCUT2D eigenvalue weighted by molar-refractivity contribution is -0.139. The molecule has 3 aromatic rings. The highest BCUT2D eigenvalue weighted by Crippen LogP contribution is 2.38. The molecule has 41 heavy (non-hydrogen) atoms. The maximum atomic E-state index is 13.9. The summed E-state index contributed by atoms with van der Waals surface area (Å²) in [5.74, 6) is -1.16. The summed E-state index contributed by atoms with van der Waals surface area (Å²) in [7, 11) is 7.12. The summed E-state index contributed by atoms with van der Waals surface area (Å²) in [6.07, 6.45) is 2.32. The van der Waals surface area contributed by atoms with Crippen molar-refractivity contribution < 1.29 is 23.5 Å². The van der Waals surface area contributed by atoms with Crippen molar-refractivity contribution in [3.63, 3.8) is 0 Å². The second kappa shape index (κ2) is 13.2. The topological polar surface area (TPSA) is 91.0 Å². The van der Waals surface area contributed by atoms with Gasteiger partial charge in [-0.15, -0.1) is 0 Å². The summed E-state index contributed by atoms with van der Waals surface area (Å²) >= 11 is 0. The van der Waals surface area contributed by atoms with Crippen molar-refractivity contribution in [2.24, 2.45) is 0 Å². The lowest BCUT2D eigenvalue weighted by atomic mass is 9.98. The van der Waals surface area contributed by atoms with Crippen LogP contribution in [0.25, 0.3) is 11.3 Å². The number of amides is 2. The van der Waals surface area contributed by atoms with Crippen LogP contribution in [0.1, 0.15) is 36.0 Å². The van der Waals surface area contributed by atoms with Crippen molar-refractivity contribution >= 4 is 46.1 Å². The predicted octanol–water partition coefficient (Wildman–Crippen LogP) is 5.17. The number of carbonyl (C=O) groups excluding carboxylic acids is 3. The number of nitrogens with one attached hydrogen (secondary N) is 2. The van der Waals surface area contributed by atoms with Gasteiger partial charge in [0.2, 0.25) is 5.91 Å². The van der Waals surface area contributed by atoms with E-state index in [0.717, 1.165) is 25.1 Å². The molecule has 0 radical (unpaired) electrons. The molecule has 0 aromatic heterocycles. The molecule has 9 heteroatoms. The number of hydrogen-bond donors (Lipinski definition) is 2. The van der Waals surface area contributed by atoms with Gasteiger partial charge in [0.05, 0.1) is 30.5 Å². The predicted molar refractivity (Wildman–Crippen MR) is 160 cm³/mol. The normalized spacial score (nSPS) is 13.5. The number of carbonyl (C=O) groups is 3. The molecule has 0 atom stereocenters. The lowest BCUT2D eigenvalue weighted by Crippen LogP contribution is -2.26. The van der Waals surface area contributed by atoms with E-state index in [1.807, 2.05) is 56.6 Å². The Kier molecular flexibility index (Phi) is 9.52. The molecule has 0 bridgehead atoms. The Morgan fingerprint density at radius 2 is 1.73 bits per heavy atom. The average Bonchev–Trinajstić information content (AvgIpc) is 3.28. The van der Waals surface area contributed by atoms with Gasteiger partial charge in [0.1, 0.15) is 5.82 Å². The number of benzene rings is 3. The van der Waals surface area contributed by atoms with Gasteiger partial charge in [-0.1, -0.05) is 18.2 Å². The van der Waals surface area contributed by atoms with Crippen LogP contribution < -0.4 is 15.5 Å². The van der Waals surface area contributed by atoms with Crippen LogP contribution in [0, 0.1) is 5.82 Å². The van der Waals surface area contributed by atoms with E-state index < -0.39 is 5.82 Å². The Morgan fingerprint density at radius 3 is 2.44 bits per heavy atom. The number of esters is 1. The van der Waals surface area contributed by atoms with E-state index in [-0.39, 0.29) is 24.2 Å². The number of ether oxygens (including phenoxy) is 1. The van der Waals surface area contributed by atoms with Crippen LogP contribution in [0.2, 0.25) is 0 Å². The quantitative estimate of drug-likeness (QED) is 0.192. The third-order valence-electron chi connectivity index (χ3n) is 6.91. The van der Waals surface area contributed by atoms with Crippen molar-refractivity contribution in [1.29, 1.82) is 0 Å². The maximum Gasteiger partial charge on any atom is 0.309 e. The Labute approximate surface area is 239 Å². The summed E-state index contributed by atoms with van der Waals surface area (Å²) in [4.78, 5) is 41.5. The molecule has 3 aromatic carbocycles. The molecule has 8 nitrogen and oxygen atoms in total. The number of rotatable bonds is 11. The fourth-order valence-corrected chi connectivity index (χ4v) is 4.68. The first-order valence-corrected chi connectivity index (χ1v) is 13.5. The highest BCUT2D eigenvalue weighted by molar-refractivity contribution is 6.37. The molecule has 1 aliphatic heterocycles. The van der Waals surface area contributed by atoms with Gasteiger partial charge in [-0.05, 0) is 93.1 Å². The fourth-order valence-electron chi connectivity index (χ4n) is 4.68. The zero-order valence-electron chi connectivity index (χ0n) is 23.8. The van der Waals surface area contributed by atoms with Gasteiger partial charge in [0, 0.05) is 30.4 Å². The molecule has 2 amide bonds. The minimum absolute atomic E-state index is 0.0427. The number of fused-ring (bicyclic) bond motifs is 1. The molecular formula is C32H35FN4O4. The molecule has 0 unspecified atom stereocenters. The van der Waals surface area contributed by atoms with Gasteiger partial charge in [-0.2, -0.15) is 0 Å². The van der Waals surface area contributed by atoms with Crippen LogP contribution in [-0.4, -0.2) is 57.5 Å². The van der Waals surface area contributed by atoms with Crippen LogP contribution in [0.15, 0.2) is 66.7 Å². The highest BCUT2D eigenvalue weighted by atomic mass is 19.1. The summed E-state index contributed by atoms with van der Waals surface area (Å²) in [5.41, 5.74) is 4.62. The minimum Gasteiger partial charge on any atom is -0.469 e. The Hall–Kier alpha value is -4.50. The molecule has 214 valence electrons. The van der Waals surface area contributed by atoms with E-state index in [9.17, 15) is 18.8 Å². The van der Waals surface area contributed by atoms with Crippen LogP contribution in [0.3, 0.4) is 0 Å². The molecule has 0 fully saturated rings. The first-order valence-electron chi connectivity index (χ1n) is 13.5. The molecule has 1 aliphatic rings. The second-order valence-corrected chi connectivity index (χ2v) is 10.2. The summed E-state index contributed by atoms with van der Waals surface area (Å²) in [6, 6.07) is 18.8. The number of hydrogen-bond acceptors (Lipinski definition) is 6. The van der Waals surface area contributed by atoms with Crippen LogP contribution in [-0.2, 0) is 25.5 Å². The van der Waals surface area contributed by atoms with E-state index >= 15 is 0 Å². The summed E-state index contributed by atoms with van der Waals surface area (Å²) < 4.78 is 18.7. The number of nitrogens with zero attached hydrogens (tertiary/aromatic N) is 2. The zero-order valence-corrected chi connectivity index (χ0v) is 23.8. The third-order valence-corrected chi connectivity index (χ3v) is 6.91. The van der Waals surface area contributed by atoms with Gasteiger partial charge in [-0.25, -0.2) is 4.39 Å². The Balaban J connectivity index is 1.63. The maximum absolute atomic E-state index is 13.9. The smallest absolute Gasteiger partial charge is 0.309 e. The Morgan fingerprint density at radius 1 is 0.976 bits per heavy atom. The zero-order chi connectivity index (χ0) is 29.5. The van der Waals surface area contributed by atoms with E-state index in [4.69, 9.17) is 4.74 Å². The van der Waals surface area contributed by atoms with E-state index in [1.54, 1.807) is 24.1 Å². The van der Waals surface area contributed by atoms with Gasteiger partial charge in [-0.3, -0.25) is 14.4 Å². The van der Waals surface area contributed by atoms with Gasteiger partial charge in [0.15, 0.2) is 0 Å². The van der Waals surface area contributed by atoms with Crippen molar-refractivity contribution in [1.82, 2.24) is 4.90 Å². The third kappa shape index (κ3) is 7.37. The first-order chi connectivity index (χ1) is 19.7. The van der Waals surface area contributed by atoms with Gasteiger partial charge in [0.25, 0.3) is 5.91 Å². The molecule has 0 saturated carbocycles. The largest absolute Gasteiger partial charge is 0.469 e. The van der Waals surface area contributed by atoms with Crippen LogP contribution in [0.4, 0.5) is 21.5 Å². The van der Waals surface area contributed by atoms with Gasteiger partial charge < -0.3 is 25.2 Å². The van der Waals surface area contributed by atoms with Crippen LogP contribution >= 0.6 is 0 Å². The molecule has 0 aliphatic carbocycles. The monoisotopic (exact) mass is 558 g/mol. The lowest BCUT2D eigenvalue weighted by Gasteiger charge is -2.19. The van der Waals surface area contributed by atoms with Crippen molar-refractivity contribution in [3.8, 4) is 0 Å². The Bertz CT molecular complexity index is 1470. The van der Waals surface area contributed by atoms with E-state index in [1.165, 1.54) is 19.2 Å². The van der Waals surface area contributed by atoms with E-state index in [2.05, 4.69) is 15.5 Å². The number of unbranched alkanes of at least 4 members (excludes halogenated alkanes) is 1. The number of methoxy groups -OCH3 is 1. The molecule has 1 heterocycles. The highest BCUT2D eigenvalue weighted by Gasteiger charge is 2.29. The SMILES string of the molecule is COC(=O)Cc1cccc(C(Nc2ccc(N(C)C(=O)CCCCN(C)C)cc2)=C2C(=O)Nc3cc(F)ccc32)c1. The summed E-state index contributed by atoms with van der Waals surface area (Å²) in [5, 5.41) is 6.11. The number of halogens is 1. The first kappa shape index (κ1) is 29.5. The fraction of sp³-hybridized carbons (Fsp3) is 0.281. The molecule has 2 N–H and O–H groups in total. The molecule has 0 spiro atoms. The molecule has 4 rings (SSSR count). The van der Waals surface area contributed by atoms with Crippen molar-refractivity contribution in [2.45, 2.75) is 25.7 Å². The molecular weight excluding hydrogens is 523 g/mol.